The van der Waals surface area contributed by atoms with E-state index in [1.165, 1.54) is 32.1 Å². The van der Waals surface area contributed by atoms with Gasteiger partial charge in [0.05, 0.1) is 6.61 Å². The summed E-state index contributed by atoms with van der Waals surface area (Å²) < 4.78 is 33.2. The average molecular weight is 775 g/mol. The number of aliphatic hydroxyl groups excluding tert-OH is 5. The molecule has 0 bridgehead atoms. The molecule has 0 saturated heterocycles. The Labute approximate surface area is 316 Å². The van der Waals surface area contributed by atoms with E-state index in [1.807, 2.05) is 6.08 Å². The van der Waals surface area contributed by atoms with Gasteiger partial charge in [0.1, 0.15) is 43.2 Å². The highest BCUT2D eigenvalue weighted by molar-refractivity contribution is 7.47. The first-order valence-electron chi connectivity index (χ1n) is 19.4. The standard InChI is InChI=1S/C39H67O13P/c1-3-5-7-9-11-13-14-15-16-17-18-20-22-24-26-28-33(41)51-31(29-49-32(40)27-25-23-21-19-12-10-8-6-4-2)30-50-53(47,48)52-39-37(45)35(43)34(42)36(44)38(39)46/h5,7,11,13,15-16,18,20,31,34-39,42-46H,3-4,6,8-10,12,14,17,19,21-30H2,1-2H3,(H,47,48)/b7-5-,13-11-,16-15-,20-18-/t31-,34?,35-,36?,37?,38?,39?/m1/s1. The minimum atomic E-state index is -5.12. The Hall–Kier alpha value is -2.19. The van der Waals surface area contributed by atoms with Crippen LogP contribution in [-0.2, 0) is 32.7 Å². The zero-order chi connectivity index (χ0) is 39.3. The van der Waals surface area contributed by atoms with Gasteiger partial charge >= 0.3 is 19.8 Å². The van der Waals surface area contributed by atoms with Crippen molar-refractivity contribution >= 4 is 19.8 Å². The minimum Gasteiger partial charge on any atom is -0.462 e. The van der Waals surface area contributed by atoms with E-state index >= 15 is 0 Å². The molecule has 6 unspecified atom stereocenters. The number of phosphoric acid groups is 1. The third-order valence-electron chi connectivity index (χ3n) is 8.68. The van der Waals surface area contributed by atoms with Crippen molar-refractivity contribution in [2.45, 2.75) is 172 Å². The van der Waals surface area contributed by atoms with Gasteiger partial charge < -0.3 is 39.9 Å². The van der Waals surface area contributed by atoms with Gasteiger partial charge in [0.15, 0.2) is 6.10 Å². The molecular formula is C39H67O13P. The van der Waals surface area contributed by atoms with Gasteiger partial charge in [-0.3, -0.25) is 18.6 Å². The zero-order valence-electron chi connectivity index (χ0n) is 31.8. The van der Waals surface area contributed by atoms with E-state index in [9.17, 15) is 44.6 Å². The van der Waals surface area contributed by atoms with Crippen molar-refractivity contribution in [3.8, 4) is 0 Å². The van der Waals surface area contributed by atoms with E-state index in [4.69, 9.17) is 18.5 Å². The number of hydrogen-bond donors (Lipinski definition) is 6. The number of allylic oxidation sites excluding steroid dienone is 8. The van der Waals surface area contributed by atoms with E-state index < -0.39 is 75.7 Å². The molecule has 1 rings (SSSR count). The summed E-state index contributed by atoms with van der Waals surface area (Å²) in [7, 11) is -5.12. The lowest BCUT2D eigenvalue weighted by Gasteiger charge is -2.41. The Bertz CT molecular complexity index is 1120. The highest BCUT2D eigenvalue weighted by Gasteiger charge is 2.51. The summed E-state index contributed by atoms with van der Waals surface area (Å²) in [6.45, 7) is 3.08. The van der Waals surface area contributed by atoms with Gasteiger partial charge in [-0.2, -0.15) is 0 Å². The Morgan fingerprint density at radius 1 is 0.604 bits per heavy atom. The van der Waals surface area contributed by atoms with Gasteiger partial charge in [-0.25, -0.2) is 4.57 Å². The van der Waals surface area contributed by atoms with Crippen LogP contribution in [0.15, 0.2) is 48.6 Å². The number of phosphoric ester groups is 1. The number of esters is 2. The lowest BCUT2D eigenvalue weighted by Crippen LogP contribution is -2.64. The van der Waals surface area contributed by atoms with Crippen LogP contribution in [0, 0.1) is 0 Å². The number of carbonyl (C=O) groups excluding carboxylic acids is 2. The highest BCUT2D eigenvalue weighted by atomic mass is 31.2. The van der Waals surface area contributed by atoms with Crippen LogP contribution < -0.4 is 0 Å². The molecule has 13 nitrogen and oxygen atoms in total. The quantitative estimate of drug-likeness (QED) is 0.0213. The molecule has 14 heteroatoms. The first-order valence-corrected chi connectivity index (χ1v) is 20.9. The second-order valence-electron chi connectivity index (χ2n) is 13.4. The molecule has 0 aliphatic heterocycles. The molecule has 0 heterocycles. The Kier molecular flexibility index (Phi) is 27.7. The zero-order valence-corrected chi connectivity index (χ0v) is 32.7. The largest absolute Gasteiger partial charge is 0.472 e. The Morgan fingerprint density at radius 3 is 1.64 bits per heavy atom. The fraction of sp³-hybridized carbons (Fsp3) is 0.744. The molecule has 0 aromatic heterocycles. The maximum atomic E-state index is 12.7. The van der Waals surface area contributed by atoms with Crippen molar-refractivity contribution < 1.29 is 63.1 Å². The average Bonchev–Trinajstić information content (AvgIpc) is 3.13. The molecule has 6 N–H and O–H groups in total. The van der Waals surface area contributed by atoms with Crippen molar-refractivity contribution in [3.05, 3.63) is 48.6 Å². The van der Waals surface area contributed by atoms with E-state index in [2.05, 4.69) is 56.4 Å². The fourth-order valence-corrected chi connectivity index (χ4v) is 6.48. The maximum absolute atomic E-state index is 12.7. The third-order valence-corrected chi connectivity index (χ3v) is 9.67. The molecule has 8 atom stereocenters. The lowest BCUT2D eigenvalue weighted by atomic mass is 9.85. The van der Waals surface area contributed by atoms with Crippen LogP contribution >= 0.6 is 7.82 Å². The van der Waals surface area contributed by atoms with E-state index in [0.29, 0.717) is 12.8 Å². The number of ether oxygens (including phenoxy) is 2. The van der Waals surface area contributed by atoms with Crippen LogP contribution in [0.25, 0.3) is 0 Å². The lowest BCUT2D eigenvalue weighted by molar-refractivity contribution is -0.220. The molecule has 306 valence electrons. The summed E-state index contributed by atoms with van der Waals surface area (Å²) in [5.74, 6) is -1.16. The summed E-state index contributed by atoms with van der Waals surface area (Å²) in [6, 6.07) is 0. The van der Waals surface area contributed by atoms with Gasteiger partial charge in [-0.1, -0.05) is 114 Å². The van der Waals surface area contributed by atoms with Crippen molar-refractivity contribution in [2.24, 2.45) is 0 Å². The van der Waals surface area contributed by atoms with E-state index in [1.54, 1.807) is 0 Å². The monoisotopic (exact) mass is 774 g/mol. The molecule has 0 amide bonds. The molecule has 0 spiro atoms. The van der Waals surface area contributed by atoms with Crippen LogP contribution in [0.1, 0.15) is 129 Å². The normalized spacial score (nSPS) is 24.0. The van der Waals surface area contributed by atoms with Crippen LogP contribution in [0.2, 0.25) is 0 Å². The first kappa shape index (κ1) is 48.8. The summed E-state index contributed by atoms with van der Waals surface area (Å²) >= 11 is 0. The summed E-state index contributed by atoms with van der Waals surface area (Å²) in [5, 5.41) is 49.9. The van der Waals surface area contributed by atoms with Crippen molar-refractivity contribution in [3.63, 3.8) is 0 Å². The van der Waals surface area contributed by atoms with Gasteiger partial charge in [-0.15, -0.1) is 0 Å². The van der Waals surface area contributed by atoms with Gasteiger partial charge in [0.25, 0.3) is 0 Å². The van der Waals surface area contributed by atoms with Gasteiger partial charge in [-0.05, 0) is 51.4 Å². The predicted molar refractivity (Wildman–Crippen MR) is 203 cm³/mol. The Morgan fingerprint density at radius 2 is 1.08 bits per heavy atom. The second kappa shape index (κ2) is 30.1. The molecular weight excluding hydrogens is 707 g/mol. The van der Waals surface area contributed by atoms with Crippen molar-refractivity contribution in [1.29, 1.82) is 0 Å². The minimum absolute atomic E-state index is 0.0439. The molecule has 1 aliphatic carbocycles. The van der Waals surface area contributed by atoms with Crippen molar-refractivity contribution in [1.82, 2.24) is 0 Å². The van der Waals surface area contributed by atoms with Crippen LogP contribution in [0.5, 0.6) is 0 Å². The predicted octanol–water partition coefficient (Wildman–Crippen LogP) is 6.05. The number of rotatable bonds is 30. The SMILES string of the molecule is CC/C=C\C/C=C\C/C=C\C/C=C\CCCCC(=O)O[C@H](COC(=O)CCCCCCCCCCC)COP(=O)(O)OC1C(O)C(O)C(O)[C@@H](O)C1O. The number of aliphatic hydroxyl groups is 5. The molecule has 53 heavy (non-hydrogen) atoms. The van der Waals surface area contributed by atoms with Crippen LogP contribution in [0.3, 0.4) is 0 Å². The molecule has 0 aromatic rings. The van der Waals surface area contributed by atoms with Crippen molar-refractivity contribution in [2.75, 3.05) is 13.2 Å². The summed E-state index contributed by atoms with van der Waals surface area (Å²) in [6.07, 6.45) is 19.2. The second-order valence-corrected chi connectivity index (χ2v) is 14.8. The molecule has 0 radical (unpaired) electrons. The van der Waals surface area contributed by atoms with Crippen LogP contribution in [0.4, 0.5) is 0 Å². The highest BCUT2D eigenvalue weighted by Crippen LogP contribution is 2.47. The number of carbonyl (C=O) groups is 2. The van der Waals surface area contributed by atoms with E-state index in [-0.39, 0.29) is 12.8 Å². The van der Waals surface area contributed by atoms with E-state index in [0.717, 1.165) is 57.8 Å². The van der Waals surface area contributed by atoms with Crippen LogP contribution in [-0.4, -0.2) is 98.3 Å². The third kappa shape index (κ3) is 23.4. The first-order chi connectivity index (χ1) is 25.4. The molecule has 1 fully saturated rings. The molecule has 1 aliphatic rings. The summed E-state index contributed by atoms with van der Waals surface area (Å²) in [5.41, 5.74) is 0. The maximum Gasteiger partial charge on any atom is 0.472 e. The smallest absolute Gasteiger partial charge is 0.462 e. The van der Waals surface area contributed by atoms with Gasteiger partial charge in [0.2, 0.25) is 0 Å². The molecule has 0 aromatic carbocycles. The van der Waals surface area contributed by atoms with Gasteiger partial charge in [0, 0.05) is 12.8 Å². The topological polar surface area (TPSA) is 210 Å². The summed E-state index contributed by atoms with van der Waals surface area (Å²) in [4.78, 5) is 35.4. The Balaban J connectivity index is 2.58. The number of hydrogen-bond acceptors (Lipinski definition) is 12. The number of unbranched alkanes of at least 4 members (excludes halogenated alkanes) is 10. The fourth-order valence-electron chi connectivity index (χ4n) is 5.51. The molecule has 1 saturated carbocycles.